The predicted octanol–water partition coefficient (Wildman–Crippen LogP) is 3.73. The third-order valence-electron chi connectivity index (χ3n) is 3.45. The van der Waals surface area contributed by atoms with E-state index in [1.165, 1.54) is 12.1 Å². The lowest BCUT2D eigenvalue weighted by Gasteiger charge is -2.11. The summed E-state index contributed by atoms with van der Waals surface area (Å²) < 4.78 is 33.2. The molecule has 0 spiro atoms. The van der Waals surface area contributed by atoms with Crippen LogP contribution in [0.4, 0.5) is 5.82 Å². The fraction of sp³-hybridized carbons (Fsp3) is 0.158. The molecule has 0 atom stereocenters. The van der Waals surface area contributed by atoms with E-state index < -0.39 is 10.0 Å². The minimum absolute atomic E-state index is 0.0231. The first-order valence-electron chi connectivity index (χ1n) is 8.11. The van der Waals surface area contributed by atoms with Crippen molar-refractivity contribution in [3.63, 3.8) is 0 Å². The molecule has 26 heavy (non-hydrogen) atoms. The largest absolute Gasteiger partial charge is 0.491 e. The summed E-state index contributed by atoms with van der Waals surface area (Å²) >= 11 is 0. The Morgan fingerprint density at radius 2 is 1.77 bits per heavy atom. The van der Waals surface area contributed by atoms with Gasteiger partial charge in [-0.2, -0.15) is 0 Å². The van der Waals surface area contributed by atoms with Crippen molar-refractivity contribution in [2.75, 3.05) is 4.72 Å². The van der Waals surface area contributed by atoms with Gasteiger partial charge in [-0.25, -0.2) is 13.4 Å². The number of anilines is 1. The second-order valence-electron chi connectivity index (χ2n) is 5.89. The van der Waals surface area contributed by atoms with Gasteiger partial charge in [0.05, 0.1) is 16.7 Å². The van der Waals surface area contributed by atoms with E-state index in [4.69, 9.17) is 4.74 Å². The summed E-state index contributed by atoms with van der Waals surface area (Å²) in [5.74, 6) is 0.865. The molecule has 0 saturated heterocycles. The maximum atomic E-state index is 12.6. The van der Waals surface area contributed by atoms with E-state index in [1.807, 2.05) is 19.9 Å². The van der Waals surface area contributed by atoms with Gasteiger partial charge in [0, 0.05) is 18.0 Å². The first-order chi connectivity index (χ1) is 12.4. The van der Waals surface area contributed by atoms with Crippen LogP contribution in [0.3, 0.4) is 0 Å². The zero-order valence-electron chi connectivity index (χ0n) is 14.5. The molecule has 3 rings (SSSR count). The quantitative estimate of drug-likeness (QED) is 0.716. The molecule has 1 N–H and O–H groups in total. The third-order valence-corrected chi connectivity index (χ3v) is 4.82. The second kappa shape index (κ2) is 7.53. The van der Waals surface area contributed by atoms with E-state index >= 15 is 0 Å². The summed E-state index contributed by atoms with van der Waals surface area (Å²) in [4.78, 5) is 8.55. The molecule has 0 fully saturated rings. The van der Waals surface area contributed by atoms with Crippen molar-refractivity contribution in [3.8, 4) is 17.0 Å². The molecule has 6 nitrogen and oxygen atoms in total. The molecule has 0 bridgehead atoms. The van der Waals surface area contributed by atoms with Crippen molar-refractivity contribution >= 4 is 15.8 Å². The Hall–Kier alpha value is -2.93. The van der Waals surface area contributed by atoms with Gasteiger partial charge in [0.1, 0.15) is 11.6 Å². The average molecular weight is 369 g/mol. The van der Waals surface area contributed by atoms with Gasteiger partial charge in [-0.05, 0) is 62.4 Å². The highest BCUT2D eigenvalue weighted by atomic mass is 32.2. The zero-order chi connectivity index (χ0) is 18.6. The lowest BCUT2D eigenvalue weighted by atomic mass is 10.2. The molecule has 0 unspecified atom stereocenters. The van der Waals surface area contributed by atoms with Crippen molar-refractivity contribution < 1.29 is 13.2 Å². The molecule has 2 aromatic heterocycles. The van der Waals surface area contributed by atoms with Crippen LogP contribution in [0.25, 0.3) is 11.3 Å². The lowest BCUT2D eigenvalue weighted by molar-refractivity contribution is 0.242. The maximum Gasteiger partial charge on any atom is 0.263 e. The number of pyridine rings is 2. The van der Waals surface area contributed by atoms with Crippen LogP contribution in [0.1, 0.15) is 13.8 Å². The number of rotatable bonds is 6. The van der Waals surface area contributed by atoms with E-state index in [0.29, 0.717) is 11.4 Å². The fourth-order valence-corrected chi connectivity index (χ4v) is 3.33. The second-order valence-corrected chi connectivity index (χ2v) is 7.58. The first kappa shape index (κ1) is 17.9. The topological polar surface area (TPSA) is 81.2 Å². The summed E-state index contributed by atoms with van der Waals surface area (Å²) in [6, 6.07) is 15.1. The van der Waals surface area contributed by atoms with Crippen LogP contribution < -0.4 is 9.46 Å². The minimum atomic E-state index is -3.74. The molecular formula is C19H19N3O3S. The van der Waals surface area contributed by atoms with Gasteiger partial charge < -0.3 is 4.74 Å². The van der Waals surface area contributed by atoms with E-state index in [0.717, 1.165) is 5.56 Å². The number of ether oxygens (including phenoxy) is 1. The van der Waals surface area contributed by atoms with E-state index in [9.17, 15) is 8.42 Å². The maximum absolute atomic E-state index is 12.6. The molecular weight excluding hydrogens is 350 g/mol. The van der Waals surface area contributed by atoms with Crippen LogP contribution in [0.2, 0.25) is 0 Å². The summed E-state index contributed by atoms with van der Waals surface area (Å²) in [6.07, 6.45) is 3.37. The van der Waals surface area contributed by atoms with Gasteiger partial charge in [0.2, 0.25) is 0 Å². The standard InChI is InChI=1S/C19H19N3O3S/c1-14(2)25-16-8-10-17(11-9-16)26(23,24)22-19-7-3-6-18(21-19)15-5-4-12-20-13-15/h3-14H,1-2H3,(H,21,22). The van der Waals surface area contributed by atoms with Crippen LogP contribution in [-0.2, 0) is 10.0 Å². The van der Waals surface area contributed by atoms with Crippen LogP contribution in [0.15, 0.2) is 71.9 Å². The van der Waals surface area contributed by atoms with Crippen molar-refractivity contribution in [3.05, 3.63) is 67.0 Å². The molecule has 2 heterocycles. The Kier molecular flexibility index (Phi) is 5.18. The molecule has 0 saturated carbocycles. The molecule has 0 radical (unpaired) electrons. The van der Waals surface area contributed by atoms with Crippen LogP contribution in [0, 0.1) is 0 Å². The van der Waals surface area contributed by atoms with Crippen molar-refractivity contribution in [1.82, 2.24) is 9.97 Å². The summed E-state index contributed by atoms with van der Waals surface area (Å²) in [6.45, 7) is 3.82. The third kappa shape index (κ3) is 4.37. The highest BCUT2D eigenvalue weighted by Gasteiger charge is 2.15. The summed E-state index contributed by atoms with van der Waals surface area (Å²) in [5.41, 5.74) is 1.45. The fourth-order valence-electron chi connectivity index (χ4n) is 2.33. The Morgan fingerprint density at radius 3 is 2.42 bits per heavy atom. The molecule has 134 valence electrons. The van der Waals surface area contributed by atoms with Gasteiger partial charge in [-0.3, -0.25) is 9.71 Å². The zero-order valence-corrected chi connectivity index (χ0v) is 15.3. The van der Waals surface area contributed by atoms with Gasteiger partial charge in [0.25, 0.3) is 10.0 Å². The summed E-state index contributed by atoms with van der Waals surface area (Å²) in [5, 5.41) is 0. The van der Waals surface area contributed by atoms with Crippen molar-refractivity contribution in [2.45, 2.75) is 24.8 Å². The van der Waals surface area contributed by atoms with Crippen LogP contribution in [0.5, 0.6) is 5.75 Å². The Balaban J connectivity index is 1.81. The lowest BCUT2D eigenvalue weighted by Crippen LogP contribution is -2.14. The highest BCUT2D eigenvalue weighted by Crippen LogP contribution is 2.21. The molecule has 0 aliphatic carbocycles. The van der Waals surface area contributed by atoms with Crippen molar-refractivity contribution in [1.29, 1.82) is 0 Å². The molecule has 7 heteroatoms. The highest BCUT2D eigenvalue weighted by molar-refractivity contribution is 7.92. The van der Waals surface area contributed by atoms with Gasteiger partial charge in [0.15, 0.2) is 0 Å². The minimum Gasteiger partial charge on any atom is -0.491 e. The number of benzene rings is 1. The number of sulfonamides is 1. The SMILES string of the molecule is CC(C)Oc1ccc(S(=O)(=O)Nc2cccc(-c3cccnc3)n2)cc1. The Labute approximate surface area is 153 Å². The Bertz CT molecular complexity index is 972. The van der Waals surface area contributed by atoms with Gasteiger partial charge >= 0.3 is 0 Å². The molecule has 1 aromatic carbocycles. The molecule has 0 aliphatic rings. The molecule has 0 aliphatic heterocycles. The van der Waals surface area contributed by atoms with Crippen LogP contribution in [-0.4, -0.2) is 24.5 Å². The molecule has 3 aromatic rings. The number of hydrogen-bond donors (Lipinski definition) is 1. The average Bonchev–Trinajstić information content (AvgIpc) is 2.62. The first-order valence-corrected chi connectivity index (χ1v) is 9.59. The van der Waals surface area contributed by atoms with E-state index in [1.54, 1.807) is 48.8 Å². The monoisotopic (exact) mass is 369 g/mol. The van der Waals surface area contributed by atoms with Gasteiger partial charge in [-0.1, -0.05) is 6.07 Å². The van der Waals surface area contributed by atoms with E-state index in [-0.39, 0.29) is 16.8 Å². The Morgan fingerprint density at radius 1 is 1.00 bits per heavy atom. The normalized spacial score (nSPS) is 11.3. The predicted molar refractivity (Wildman–Crippen MR) is 100 cm³/mol. The number of nitrogens with one attached hydrogen (secondary N) is 1. The number of aromatic nitrogens is 2. The number of hydrogen-bond acceptors (Lipinski definition) is 5. The molecule has 0 amide bonds. The number of nitrogens with zero attached hydrogens (tertiary/aromatic N) is 2. The van der Waals surface area contributed by atoms with E-state index in [2.05, 4.69) is 14.7 Å². The van der Waals surface area contributed by atoms with Crippen molar-refractivity contribution in [2.24, 2.45) is 0 Å². The van der Waals surface area contributed by atoms with Gasteiger partial charge in [-0.15, -0.1) is 0 Å². The summed E-state index contributed by atoms with van der Waals surface area (Å²) in [7, 11) is -3.74. The smallest absolute Gasteiger partial charge is 0.263 e. The van der Waals surface area contributed by atoms with Crippen LogP contribution >= 0.6 is 0 Å².